The van der Waals surface area contributed by atoms with Gasteiger partial charge in [-0.15, -0.1) is 11.3 Å². The van der Waals surface area contributed by atoms with Gasteiger partial charge in [-0.1, -0.05) is 18.2 Å². The van der Waals surface area contributed by atoms with Crippen molar-refractivity contribution >= 4 is 50.0 Å². The van der Waals surface area contributed by atoms with E-state index in [1.807, 2.05) is 23.6 Å². The quantitative estimate of drug-likeness (QED) is 0.603. The van der Waals surface area contributed by atoms with Crippen LogP contribution in [0.25, 0.3) is 10.9 Å². The number of halogens is 1. The van der Waals surface area contributed by atoms with Crippen molar-refractivity contribution in [1.82, 2.24) is 10.3 Å². The Hall–Kier alpha value is -2.12. The number of carbonyl (C=O) groups excluding carboxylic acids is 1. The van der Waals surface area contributed by atoms with Crippen LogP contribution in [0.4, 0.5) is 4.79 Å². The van der Waals surface area contributed by atoms with Crippen molar-refractivity contribution < 1.29 is 9.53 Å². The lowest BCUT2D eigenvalue weighted by Gasteiger charge is -2.08. The number of rotatable bonds is 5. The van der Waals surface area contributed by atoms with E-state index in [1.54, 1.807) is 18.4 Å². The predicted molar refractivity (Wildman–Crippen MR) is 106 cm³/mol. The van der Waals surface area contributed by atoms with Gasteiger partial charge in [0.25, 0.3) is 0 Å². The molecule has 25 heavy (non-hydrogen) atoms. The summed E-state index contributed by atoms with van der Waals surface area (Å²) < 4.78 is 5.68. The van der Waals surface area contributed by atoms with Gasteiger partial charge in [0.15, 0.2) is 0 Å². The minimum Gasteiger partial charge on any atom is -0.453 e. The largest absolute Gasteiger partial charge is 0.453 e. The van der Waals surface area contributed by atoms with Gasteiger partial charge in [-0.05, 0) is 40.0 Å². The molecule has 2 heterocycles. The highest BCUT2D eigenvalue weighted by molar-refractivity contribution is 9.10. The third-order valence-electron chi connectivity index (χ3n) is 3.90. The van der Waals surface area contributed by atoms with E-state index in [0.29, 0.717) is 13.0 Å². The first-order valence-electron chi connectivity index (χ1n) is 7.77. The molecule has 1 aromatic carbocycles. The van der Waals surface area contributed by atoms with Crippen LogP contribution in [0.15, 0.2) is 45.2 Å². The maximum atomic E-state index is 11.3. The molecule has 0 spiro atoms. The number of hydrogen-bond donors (Lipinski definition) is 2. The first kappa shape index (κ1) is 17.7. The highest BCUT2D eigenvalue weighted by Gasteiger charge is 2.18. The van der Waals surface area contributed by atoms with Gasteiger partial charge in [0.1, 0.15) is 0 Å². The van der Waals surface area contributed by atoms with Gasteiger partial charge in [0, 0.05) is 34.3 Å². The molecule has 0 bridgehead atoms. The summed E-state index contributed by atoms with van der Waals surface area (Å²) in [6.07, 6.45) is 0.257. The zero-order chi connectivity index (χ0) is 17.8. The van der Waals surface area contributed by atoms with Crippen LogP contribution in [0.1, 0.15) is 16.1 Å². The van der Waals surface area contributed by atoms with Crippen LogP contribution >= 0.6 is 27.3 Å². The number of alkyl carbamates (subject to hydrolysis) is 1. The summed E-state index contributed by atoms with van der Waals surface area (Å²) in [7, 11) is 3.16. The second-order valence-corrected chi connectivity index (χ2v) is 7.22. The summed E-state index contributed by atoms with van der Waals surface area (Å²) in [5.41, 5.74) is 4.10. The van der Waals surface area contributed by atoms with Gasteiger partial charge in [-0.2, -0.15) is 0 Å². The topological polar surface area (TPSA) is 66.5 Å². The lowest BCUT2D eigenvalue weighted by atomic mass is 10.0. The number of para-hydroxylation sites is 1. The van der Waals surface area contributed by atoms with Gasteiger partial charge < -0.3 is 15.0 Å². The van der Waals surface area contributed by atoms with Crippen molar-refractivity contribution in [3.05, 3.63) is 56.3 Å². The minimum atomic E-state index is -0.423. The number of amides is 1. The van der Waals surface area contributed by atoms with Gasteiger partial charge in [0.2, 0.25) is 0 Å². The van der Waals surface area contributed by atoms with Crippen molar-refractivity contribution in [3.8, 4) is 0 Å². The number of aromatic amines is 1. The summed E-state index contributed by atoms with van der Waals surface area (Å²) in [6.45, 7) is 0.493. The normalized spacial score (nSPS) is 11.7. The summed E-state index contributed by atoms with van der Waals surface area (Å²) in [5, 5.41) is 5.93. The fourth-order valence-electron chi connectivity index (χ4n) is 2.81. The van der Waals surface area contributed by atoms with Crippen LogP contribution in [-0.4, -0.2) is 37.5 Å². The monoisotopic (exact) mass is 419 g/mol. The van der Waals surface area contributed by atoms with Gasteiger partial charge in [-0.25, -0.2) is 4.79 Å². The number of nitrogens with one attached hydrogen (secondary N) is 2. The average molecular weight is 420 g/mol. The number of aromatic nitrogens is 1. The molecule has 2 aromatic heterocycles. The Balaban J connectivity index is 2.01. The number of ether oxygens (including phenoxy) is 1. The Bertz CT molecular complexity index is 929. The number of hydrogen-bond acceptors (Lipinski definition) is 4. The molecule has 0 unspecified atom stereocenters. The van der Waals surface area contributed by atoms with E-state index in [0.717, 1.165) is 37.2 Å². The third-order valence-corrected chi connectivity index (χ3v) is 5.60. The summed E-state index contributed by atoms with van der Waals surface area (Å²) in [6, 6.07) is 10.2. The number of nitrogens with zero attached hydrogens (tertiary/aromatic N) is 1. The number of carbonyl (C=O) groups is 1. The summed E-state index contributed by atoms with van der Waals surface area (Å²) in [4.78, 5) is 20.4. The molecule has 0 fully saturated rings. The molecule has 0 aliphatic rings. The second kappa shape index (κ2) is 7.84. The Kier molecular flexibility index (Phi) is 5.55. The molecular formula is C18H18BrN3O2S. The fourth-order valence-corrected chi connectivity index (χ4v) is 4.27. The Morgan fingerprint density at radius 1 is 1.40 bits per heavy atom. The van der Waals surface area contributed by atoms with Crippen LogP contribution in [0, 0.1) is 0 Å². The lowest BCUT2D eigenvalue weighted by Crippen LogP contribution is -2.25. The van der Waals surface area contributed by atoms with Gasteiger partial charge >= 0.3 is 6.09 Å². The van der Waals surface area contributed by atoms with E-state index >= 15 is 0 Å². The van der Waals surface area contributed by atoms with Crippen LogP contribution < -0.4 is 5.32 Å². The predicted octanol–water partition coefficient (Wildman–Crippen LogP) is 4.36. The summed E-state index contributed by atoms with van der Waals surface area (Å²) >= 11 is 5.15. The Morgan fingerprint density at radius 3 is 2.88 bits per heavy atom. The van der Waals surface area contributed by atoms with E-state index in [-0.39, 0.29) is 0 Å². The van der Waals surface area contributed by atoms with Crippen molar-refractivity contribution in [3.63, 3.8) is 0 Å². The highest BCUT2D eigenvalue weighted by Crippen LogP contribution is 2.28. The molecule has 130 valence electrons. The van der Waals surface area contributed by atoms with Crippen LogP contribution in [0.3, 0.4) is 0 Å². The lowest BCUT2D eigenvalue weighted by molar-refractivity contribution is 0.171. The zero-order valence-corrected chi connectivity index (χ0v) is 16.3. The molecular weight excluding hydrogens is 402 g/mol. The van der Waals surface area contributed by atoms with Crippen LogP contribution in [0.5, 0.6) is 0 Å². The fraction of sp³-hybridized carbons (Fsp3) is 0.222. The van der Waals surface area contributed by atoms with Crippen molar-refractivity contribution in [2.45, 2.75) is 6.42 Å². The first-order chi connectivity index (χ1) is 12.1. The molecule has 0 saturated heterocycles. The standard InChI is InChI=1S/C18H18BrN3O2S/c1-20-17(15-9-11(19)10-25-15)16-13(7-8-21-18(23)24-2)12-5-3-4-6-14(12)22-16/h3-6,9-10,22H,7-8H2,1-2H3,(H,21,23). The first-order valence-corrected chi connectivity index (χ1v) is 9.44. The minimum absolute atomic E-state index is 0.423. The number of methoxy groups -OCH3 is 1. The molecule has 0 atom stereocenters. The molecule has 3 rings (SSSR count). The Morgan fingerprint density at radius 2 is 2.20 bits per heavy atom. The van der Waals surface area contributed by atoms with Crippen LogP contribution in [-0.2, 0) is 11.2 Å². The van der Waals surface area contributed by atoms with E-state index in [4.69, 9.17) is 0 Å². The van der Waals surface area contributed by atoms with E-state index in [2.05, 4.69) is 48.1 Å². The van der Waals surface area contributed by atoms with Gasteiger partial charge in [-0.3, -0.25) is 4.99 Å². The molecule has 0 saturated carbocycles. The van der Waals surface area contributed by atoms with Crippen molar-refractivity contribution in [2.24, 2.45) is 4.99 Å². The second-order valence-electron chi connectivity index (χ2n) is 5.39. The number of fused-ring (bicyclic) bond motifs is 1. The highest BCUT2D eigenvalue weighted by atomic mass is 79.9. The van der Waals surface area contributed by atoms with Crippen LogP contribution in [0.2, 0.25) is 0 Å². The van der Waals surface area contributed by atoms with Gasteiger partial charge in [0.05, 0.1) is 23.4 Å². The maximum Gasteiger partial charge on any atom is 0.406 e. The smallest absolute Gasteiger partial charge is 0.406 e. The summed E-state index contributed by atoms with van der Waals surface area (Å²) in [5.74, 6) is 0. The molecule has 2 N–H and O–H groups in total. The van der Waals surface area contributed by atoms with E-state index < -0.39 is 6.09 Å². The maximum absolute atomic E-state index is 11.3. The zero-order valence-electron chi connectivity index (χ0n) is 13.9. The van der Waals surface area contributed by atoms with E-state index in [9.17, 15) is 4.79 Å². The number of thiophene rings is 1. The third kappa shape index (κ3) is 3.77. The Labute approximate surface area is 158 Å². The number of benzene rings is 1. The molecule has 0 aliphatic heterocycles. The van der Waals surface area contributed by atoms with E-state index in [1.165, 1.54) is 7.11 Å². The van der Waals surface area contributed by atoms with Crippen molar-refractivity contribution in [2.75, 3.05) is 20.7 Å². The number of H-pyrrole nitrogens is 1. The average Bonchev–Trinajstić information content (AvgIpc) is 3.20. The van der Waals surface area contributed by atoms with Crippen molar-refractivity contribution in [1.29, 1.82) is 0 Å². The molecule has 7 heteroatoms. The molecule has 0 aliphatic carbocycles. The molecule has 5 nitrogen and oxygen atoms in total. The molecule has 0 radical (unpaired) electrons. The molecule has 1 amide bonds. The number of aliphatic imine (C=N–C) groups is 1. The molecule has 3 aromatic rings. The SMILES string of the molecule is CN=C(c1cc(Br)cs1)c1[nH]c2ccccc2c1CCNC(=O)OC.